The number of benzene rings is 3. The number of rotatable bonds is 13. The third kappa shape index (κ3) is 7.89. The van der Waals surface area contributed by atoms with Gasteiger partial charge in [-0.25, -0.2) is 0 Å². The second-order valence-electron chi connectivity index (χ2n) is 9.93. The third-order valence-electron chi connectivity index (χ3n) is 7.06. The summed E-state index contributed by atoms with van der Waals surface area (Å²) >= 11 is 1.18. The van der Waals surface area contributed by atoms with Crippen LogP contribution in [-0.2, 0) is 22.4 Å². The molecule has 1 heterocycles. The van der Waals surface area contributed by atoms with E-state index in [9.17, 15) is 9.59 Å². The van der Waals surface area contributed by atoms with Gasteiger partial charge in [0, 0.05) is 12.3 Å². The zero-order valence-electron chi connectivity index (χ0n) is 23.1. The maximum Gasteiger partial charge on any atom is 0.190 e. The van der Waals surface area contributed by atoms with Gasteiger partial charge in [-0.2, -0.15) is 0 Å². The highest BCUT2D eigenvalue weighted by Gasteiger charge is 2.36. The maximum atomic E-state index is 12.7. The zero-order valence-corrected chi connectivity index (χ0v) is 23.9. The summed E-state index contributed by atoms with van der Waals surface area (Å²) in [6.45, 7) is 4.80. The van der Waals surface area contributed by atoms with E-state index in [0.29, 0.717) is 13.0 Å². The second kappa shape index (κ2) is 14.2. The van der Waals surface area contributed by atoms with Crippen molar-refractivity contribution in [3.63, 3.8) is 0 Å². The summed E-state index contributed by atoms with van der Waals surface area (Å²) in [5.41, 5.74) is 3.32. The van der Waals surface area contributed by atoms with Crippen molar-refractivity contribution in [3.05, 3.63) is 83.4 Å². The van der Waals surface area contributed by atoms with E-state index in [-0.39, 0.29) is 22.1 Å². The van der Waals surface area contributed by atoms with Crippen molar-refractivity contribution in [1.82, 2.24) is 0 Å². The molecule has 0 aliphatic carbocycles. The lowest BCUT2D eigenvalue weighted by Gasteiger charge is -2.25. The smallest absolute Gasteiger partial charge is 0.190 e. The van der Waals surface area contributed by atoms with Gasteiger partial charge in [0.1, 0.15) is 23.0 Å². The maximum absolute atomic E-state index is 12.7. The van der Waals surface area contributed by atoms with Crippen LogP contribution in [0.15, 0.2) is 66.7 Å². The number of hydrogen-bond donors (Lipinski definition) is 0. The minimum Gasteiger partial charge on any atom is -0.497 e. The van der Waals surface area contributed by atoms with E-state index in [1.165, 1.54) is 17.3 Å². The molecule has 1 aliphatic heterocycles. The van der Waals surface area contributed by atoms with Gasteiger partial charge in [-0.05, 0) is 91.3 Å². The molecular weight excluding hydrogens is 508 g/mol. The predicted molar refractivity (Wildman–Crippen MR) is 157 cm³/mol. The van der Waals surface area contributed by atoms with Gasteiger partial charge >= 0.3 is 0 Å². The van der Waals surface area contributed by atoms with Crippen LogP contribution >= 0.6 is 11.8 Å². The monoisotopic (exact) mass is 546 g/mol. The average Bonchev–Trinajstić information content (AvgIpc) is 2.96. The van der Waals surface area contributed by atoms with E-state index < -0.39 is 0 Å². The summed E-state index contributed by atoms with van der Waals surface area (Å²) in [6.07, 6.45) is 5.95. The van der Waals surface area contributed by atoms with Crippen LogP contribution < -0.4 is 14.2 Å². The number of unbranched alkanes of at least 4 members (excludes halogenated alkanes) is 1. The minimum absolute atomic E-state index is 0.122. The summed E-state index contributed by atoms with van der Waals surface area (Å²) in [7, 11) is 1.65. The van der Waals surface area contributed by atoms with Gasteiger partial charge in [-0.3, -0.25) is 9.59 Å². The summed E-state index contributed by atoms with van der Waals surface area (Å²) in [5.74, 6) is 3.32. The van der Waals surface area contributed by atoms with Crippen molar-refractivity contribution in [2.24, 2.45) is 5.92 Å². The molecule has 0 amide bonds. The van der Waals surface area contributed by atoms with Crippen molar-refractivity contribution in [2.75, 3.05) is 13.7 Å². The van der Waals surface area contributed by atoms with Crippen LogP contribution in [0, 0.1) is 5.92 Å². The quantitative estimate of drug-likeness (QED) is 0.202. The molecule has 1 aliphatic rings. The fourth-order valence-electron chi connectivity index (χ4n) is 4.81. The number of aryl methyl sites for hydroxylation is 2. The fraction of sp³-hybridized carbons (Fsp3) is 0.394. The first-order chi connectivity index (χ1) is 19.0. The lowest BCUT2D eigenvalue weighted by Crippen LogP contribution is -2.27. The second-order valence-corrected chi connectivity index (χ2v) is 11.1. The molecule has 5 nitrogen and oxygen atoms in total. The van der Waals surface area contributed by atoms with Crippen LogP contribution in [-0.4, -0.2) is 24.6 Å². The summed E-state index contributed by atoms with van der Waals surface area (Å²) < 4.78 is 17.4. The van der Waals surface area contributed by atoms with E-state index in [1.807, 2.05) is 55.5 Å². The summed E-state index contributed by atoms with van der Waals surface area (Å²) in [4.78, 5) is 24.8. The molecule has 1 saturated heterocycles. The number of hydrogen-bond acceptors (Lipinski definition) is 6. The van der Waals surface area contributed by atoms with Crippen LogP contribution in [0.1, 0.15) is 67.9 Å². The number of ether oxygens (including phenoxy) is 3. The van der Waals surface area contributed by atoms with Gasteiger partial charge in [0.2, 0.25) is 0 Å². The molecule has 4 rings (SSSR count). The molecule has 2 atom stereocenters. The highest BCUT2D eigenvalue weighted by molar-refractivity contribution is 8.14. The molecule has 0 saturated carbocycles. The number of thioether (sulfide) groups is 1. The molecule has 0 radical (unpaired) electrons. The van der Waals surface area contributed by atoms with Crippen molar-refractivity contribution in [2.45, 2.75) is 64.0 Å². The zero-order chi connectivity index (χ0) is 27.6. The standard InChI is InChI=1S/C33H38O5S/c1-4-8-26-21-29(38-28-16-14-27(36-3)15-17-28)18-19-30(26)37-20-7-6-9-23-10-12-25(13-11-23)33-32(35)24(5-2)22-31(34)39-33/h10-19,21,24,33H,4-9,20,22H2,1-3H3. The molecule has 1 fully saturated rings. The summed E-state index contributed by atoms with van der Waals surface area (Å²) in [5, 5.41) is -0.235. The highest BCUT2D eigenvalue weighted by atomic mass is 32.2. The van der Waals surface area contributed by atoms with Gasteiger partial charge in [0.05, 0.1) is 19.0 Å². The molecule has 6 heteroatoms. The third-order valence-corrected chi connectivity index (χ3v) is 8.23. The van der Waals surface area contributed by atoms with Gasteiger partial charge in [0.25, 0.3) is 0 Å². The first-order valence-corrected chi connectivity index (χ1v) is 14.8. The first kappa shape index (κ1) is 28.8. The van der Waals surface area contributed by atoms with E-state index in [1.54, 1.807) is 7.11 Å². The van der Waals surface area contributed by atoms with Crippen LogP contribution in [0.3, 0.4) is 0 Å². The lowest BCUT2D eigenvalue weighted by atomic mass is 9.91. The van der Waals surface area contributed by atoms with Gasteiger partial charge in [-0.1, -0.05) is 56.3 Å². The van der Waals surface area contributed by atoms with Gasteiger partial charge in [0.15, 0.2) is 10.9 Å². The number of carbonyl (C=O) groups excluding carboxylic acids is 2. The van der Waals surface area contributed by atoms with Crippen molar-refractivity contribution < 1.29 is 23.8 Å². The summed E-state index contributed by atoms with van der Waals surface area (Å²) in [6, 6.07) is 21.8. The predicted octanol–water partition coefficient (Wildman–Crippen LogP) is 8.14. The molecule has 0 N–H and O–H groups in total. The van der Waals surface area contributed by atoms with Crippen molar-refractivity contribution in [1.29, 1.82) is 0 Å². The Morgan fingerprint density at radius 2 is 1.56 bits per heavy atom. The average molecular weight is 547 g/mol. The highest BCUT2D eigenvalue weighted by Crippen LogP contribution is 2.40. The Labute approximate surface area is 236 Å². The van der Waals surface area contributed by atoms with E-state index in [4.69, 9.17) is 14.2 Å². The van der Waals surface area contributed by atoms with Crippen molar-refractivity contribution >= 4 is 22.7 Å². The Bertz CT molecular complexity index is 1240. The van der Waals surface area contributed by atoms with E-state index >= 15 is 0 Å². The Hall–Kier alpha value is -3.25. The number of methoxy groups -OCH3 is 1. The van der Waals surface area contributed by atoms with E-state index in [2.05, 4.69) is 25.1 Å². The van der Waals surface area contributed by atoms with Crippen LogP contribution in [0.25, 0.3) is 0 Å². The molecule has 39 heavy (non-hydrogen) atoms. The van der Waals surface area contributed by atoms with Crippen LogP contribution in [0.2, 0.25) is 0 Å². The molecule has 0 bridgehead atoms. The van der Waals surface area contributed by atoms with E-state index in [0.717, 1.165) is 72.6 Å². The Balaban J connectivity index is 1.25. The van der Waals surface area contributed by atoms with Crippen LogP contribution in [0.5, 0.6) is 23.0 Å². The van der Waals surface area contributed by atoms with Gasteiger partial charge < -0.3 is 14.2 Å². The topological polar surface area (TPSA) is 61.8 Å². The largest absolute Gasteiger partial charge is 0.497 e. The molecule has 0 spiro atoms. The molecule has 3 aromatic carbocycles. The Morgan fingerprint density at radius 1 is 0.846 bits per heavy atom. The number of carbonyl (C=O) groups is 2. The molecule has 3 aromatic rings. The minimum atomic E-state index is -0.357. The Kier molecular flexibility index (Phi) is 10.5. The lowest BCUT2D eigenvalue weighted by molar-refractivity contribution is -0.126. The molecule has 2 unspecified atom stereocenters. The molecular formula is C33H38O5S. The molecule has 206 valence electrons. The first-order valence-electron chi connectivity index (χ1n) is 13.9. The van der Waals surface area contributed by atoms with Crippen molar-refractivity contribution in [3.8, 4) is 23.0 Å². The normalized spacial score (nSPS) is 17.2. The molecule has 0 aromatic heterocycles. The number of ketones is 1. The Morgan fingerprint density at radius 3 is 2.26 bits per heavy atom. The fourth-order valence-corrected chi connectivity index (χ4v) is 5.97. The van der Waals surface area contributed by atoms with Gasteiger partial charge in [-0.15, -0.1) is 0 Å². The SMILES string of the molecule is CCCc1cc(Oc2ccc(OC)cc2)ccc1OCCCCc1ccc(C2SC(=O)CC(CC)C2=O)cc1. The number of Topliss-reactive ketones (excluding diaryl/α,β-unsaturated/α-hetero) is 1. The van der Waals surface area contributed by atoms with Crippen LogP contribution in [0.4, 0.5) is 0 Å².